The number of aliphatic carboxylic acids is 1. The number of carboxylic acids is 1. The molecule has 2 N–H and O–H groups in total. The van der Waals surface area contributed by atoms with E-state index in [1.54, 1.807) is 0 Å². The first-order chi connectivity index (χ1) is 8.60. The third-order valence-electron chi connectivity index (χ3n) is 3.21. The van der Waals surface area contributed by atoms with Crippen molar-refractivity contribution in [2.75, 3.05) is 18.0 Å². The van der Waals surface area contributed by atoms with E-state index in [0.717, 1.165) is 18.7 Å². The Labute approximate surface area is 105 Å². The molecule has 0 radical (unpaired) electrons. The molecule has 0 spiro atoms. The topological polar surface area (TPSA) is 86.3 Å². The minimum Gasteiger partial charge on any atom is -0.481 e. The van der Waals surface area contributed by atoms with E-state index in [4.69, 9.17) is 5.11 Å². The molecule has 98 valence electrons. The molecule has 1 saturated heterocycles. The number of aromatic nitrogens is 2. The number of anilines is 1. The fraction of sp³-hybridized carbons (Fsp3) is 0.583. The molecule has 0 unspecified atom stereocenters. The van der Waals surface area contributed by atoms with Crippen molar-refractivity contribution in [1.29, 1.82) is 0 Å². The van der Waals surface area contributed by atoms with Crippen molar-refractivity contribution in [3.8, 4) is 0 Å². The number of rotatable bonds is 3. The first-order valence-electron chi connectivity index (χ1n) is 6.18. The number of H-pyrrole nitrogens is 1. The Hall–Kier alpha value is -1.85. The summed E-state index contributed by atoms with van der Waals surface area (Å²) in [5.41, 5.74) is 0.542. The van der Waals surface area contributed by atoms with E-state index >= 15 is 0 Å². The standard InChI is InChI=1S/C12H17N3O3/c1-2-9-6-10(16)14-12(13-9)15-5-3-4-8(7-15)11(17)18/h6,8H,2-5,7H2,1H3,(H,17,18)(H,13,14,16)/t8-/m0/s1. The van der Waals surface area contributed by atoms with Gasteiger partial charge in [0.1, 0.15) is 0 Å². The summed E-state index contributed by atoms with van der Waals surface area (Å²) in [7, 11) is 0. The van der Waals surface area contributed by atoms with E-state index < -0.39 is 5.97 Å². The first-order valence-corrected chi connectivity index (χ1v) is 6.18. The Kier molecular flexibility index (Phi) is 3.64. The number of carbonyl (C=O) groups is 1. The van der Waals surface area contributed by atoms with Gasteiger partial charge in [0.15, 0.2) is 0 Å². The number of aromatic amines is 1. The van der Waals surface area contributed by atoms with Crippen molar-refractivity contribution in [2.45, 2.75) is 26.2 Å². The SMILES string of the molecule is CCc1cc(=O)[nH]c(N2CCC[C@H](C(=O)O)C2)n1. The van der Waals surface area contributed by atoms with E-state index in [9.17, 15) is 9.59 Å². The normalized spacial score (nSPS) is 19.8. The quantitative estimate of drug-likeness (QED) is 0.823. The molecule has 2 rings (SSSR count). The summed E-state index contributed by atoms with van der Waals surface area (Å²) in [6, 6.07) is 1.47. The summed E-state index contributed by atoms with van der Waals surface area (Å²) < 4.78 is 0. The molecule has 0 aliphatic carbocycles. The highest BCUT2D eigenvalue weighted by Crippen LogP contribution is 2.19. The Morgan fingerprint density at radius 3 is 3.11 bits per heavy atom. The van der Waals surface area contributed by atoms with Crippen LogP contribution in [-0.4, -0.2) is 34.1 Å². The Bertz CT molecular complexity index is 498. The summed E-state index contributed by atoms with van der Waals surface area (Å²) >= 11 is 0. The number of aryl methyl sites for hydroxylation is 1. The first kappa shape index (κ1) is 12.6. The molecular formula is C12H17N3O3. The number of hydrogen-bond donors (Lipinski definition) is 2. The van der Waals surface area contributed by atoms with Crippen LogP contribution in [0.4, 0.5) is 5.95 Å². The number of nitrogens with zero attached hydrogens (tertiary/aromatic N) is 2. The third-order valence-corrected chi connectivity index (χ3v) is 3.21. The summed E-state index contributed by atoms with van der Waals surface area (Å²) in [6.45, 7) is 3.08. The van der Waals surface area contributed by atoms with Gasteiger partial charge >= 0.3 is 5.97 Å². The number of nitrogens with one attached hydrogen (secondary N) is 1. The predicted molar refractivity (Wildman–Crippen MR) is 66.8 cm³/mol. The van der Waals surface area contributed by atoms with E-state index in [0.29, 0.717) is 25.3 Å². The van der Waals surface area contributed by atoms with Gasteiger partial charge in [-0.05, 0) is 19.3 Å². The maximum atomic E-state index is 11.5. The highest BCUT2D eigenvalue weighted by Gasteiger charge is 2.26. The van der Waals surface area contributed by atoms with Crippen molar-refractivity contribution >= 4 is 11.9 Å². The van der Waals surface area contributed by atoms with Crippen LogP contribution < -0.4 is 10.5 Å². The Morgan fingerprint density at radius 1 is 1.67 bits per heavy atom. The highest BCUT2D eigenvalue weighted by molar-refractivity contribution is 5.71. The fourth-order valence-electron chi connectivity index (χ4n) is 2.20. The van der Waals surface area contributed by atoms with Gasteiger partial charge in [0.05, 0.1) is 5.92 Å². The average Bonchev–Trinajstić information content (AvgIpc) is 2.38. The molecule has 0 saturated carbocycles. The van der Waals surface area contributed by atoms with Gasteiger partial charge in [0, 0.05) is 24.8 Å². The molecule has 1 aromatic heterocycles. The molecule has 0 bridgehead atoms. The molecule has 1 aliphatic rings. The average molecular weight is 251 g/mol. The summed E-state index contributed by atoms with van der Waals surface area (Å²) in [5, 5.41) is 9.04. The molecule has 6 heteroatoms. The zero-order chi connectivity index (χ0) is 13.1. The van der Waals surface area contributed by atoms with Crippen LogP contribution in [0.25, 0.3) is 0 Å². The molecule has 1 atom stereocenters. The maximum Gasteiger partial charge on any atom is 0.308 e. The molecule has 2 heterocycles. The van der Waals surface area contributed by atoms with Gasteiger partial charge in [-0.2, -0.15) is 0 Å². The van der Waals surface area contributed by atoms with E-state index in [-0.39, 0.29) is 11.5 Å². The van der Waals surface area contributed by atoms with Crippen LogP contribution in [0.5, 0.6) is 0 Å². The molecule has 0 aromatic carbocycles. The zero-order valence-electron chi connectivity index (χ0n) is 10.3. The second-order valence-electron chi connectivity index (χ2n) is 4.54. The predicted octanol–water partition coefficient (Wildman–Crippen LogP) is 0.633. The number of hydrogen-bond acceptors (Lipinski definition) is 4. The van der Waals surface area contributed by atoms with Crippen molar-refractivity contribution in [3.05, 3.63) is 22.1 Å². The molecule has 1 aromatic rings. The lowest BCUT2D eigenvalue weighted by atomic mass is 9.99. The van der Waals surface area contributed by atoms with Gasteiger partial charge in [0.2, 0.25) is 5.95 Å². The third kappa shape index (κ3) is 2.69. The molecule has 0 amide bonds. The second-order valence-corrected chi connectivity index (χ2v) is 4.54. The lowest BCUT2D eigenvalue weighted by Gasteiger charge is -2.31. The number of carboxylic acid groups (broad SMARTS) is 1. The van der Waals surface area contributed by atoms with E-state index in [1.807, 2.05) is 11.8 Å². The Balaban J connectivity index is 2.22. The number of piperidine rings is 1. The van der Waals surface area contributed by atoms with Crippen LogP contribution in [0.15, 0.2) is 10.9 Å². The maximum absolute atomic E-state index is 11.5. The lowest BCUT2D eigenvalue weighted by molar-refractivity contribution is -0.141. The summed E-state index contributed by atoms with van der Waals surface area (Å²) in [4.78, 5) is 31.4. The Morgan fingerprint density at radius 2 is 2.44 bits per heavy atom. The van der Waals surface area contributed by atoms with Crippen LogP contribution in [-0.2, 0) is 11.2 Å². The van der Waals surface area contributed by atoms with Crippen LogP contribution >= 0.6 is 0 Å². The van der Waals surface area contributed by atoms with Crippen LogP contribution in [0.1, 0.15) is 25.5 Å². The minimum absolute atomic E-state index is 0.186. The zero-order valence-corrected chi connectivity index (χ0v) is 10.3. The molecular weight excluding hydrogens is 234 g/mol. The van der Waals surface area contributed by atoms with Gasteiger partial charge in [-0.15, -0.1) is 0 Å². The highest BCUT2D eigenvalue weighted by atomic mass is 16.4. The monoisotopic (exact) mass is 251 g/mol. The van der Waals surface area contributed by atoms with Crippen LogP contribution in [0, 0.1) is 5.92 Å². The molecule has 1 fully saturated rings. The van der Waals surface area contributed by atoms with Gasteiger partial charge < -0.3 is 10.0 Å². The summed E-state index contributed by atoms with van der Waals surface area (Å²) in [5.74, 6) is -0.673. The van der Waals surface area contributed by atoms with Crippen molar-refractivity contribution in [2.24, 2.45) is 5.92 Å². The summed E-state index contributed by atoms with van der Waals surface area (Å²) in [6.07, 6.45) is 2.17. The van der Waals surface area contributed by atoms with Crippen LogP contribution in [0.2, 0.25) is 0 Å². The smallest absolute Gasteiger partial charge is 0.308 e. The molecule has 18 heavy (non-hydrogen) atoms. The lowest BCUT2D eigenvalue weighted by Crippen LogP contribution is -2.40. The van der Waals surface area contributed by atoms with Crippen molar-refractivity contribution in [3.63, 3.8) is 0 Å². The van der Waals surface area contributed by atoms with Gasteiger partial charge in [-0.3, -0.25) is 14.6 Å². The fourth-order valence-corrected chi connectivity index (χ4v) is 2.20. The molecule has 1 aliphatic heterocycles. The second kappa shape index (κ2) is 5.20. The molecule has 6 nitrogen and oxygen atoms in total. The minimum atomic E-state index is -0.784. The van der Waals surface area contributed by atoms with E-state index in [1.165, 1.54) is 6.07 Å². The van der Waals surface area contributed by atoms with Crippen molar-refractivity contribution < 1.29 is 9.90 Å². The van der Waals surface area contributed by atoms with Crippen LogP contribution in [0.3, 0.4) is 0 Å². The van der Waals surface area contributed by atoms with Gasteiger partial charge in [-0.25, -0.2) is 4.98 Å². The van der Waals surface area contributed by atoms with Gasteiger partial charge in [-0.1, -0.05) is 6.92 Å². The largest absolute Gasteiger partial charge is 0.481 e. The van der Waals surface area contributed by atoms with Gasteiger partial charge in [0.25, 0.3) is 5.56 Å². The van der Waals surface area contributed by atoms with Crippen molar-refractivity contribution in [1.82, 2.24) is 9.97 Å². The van der Waals surface area contributed by atoms with E-state index in [2.05, 4.69) is 9.97 Å².